The molecule has 0 aliphatic heterocycles. The zero-order valence-electron chi connectivity index (χ0n) is 15.7. The molecular weight excluding hydrogens is 364 g/mol. The third-order valence-corrected chi connectivity index (χ3v) is 4.64. The molecule has 1 nitrogen and oxygen atoms in total. The molecule has 0 aliphatic carbocycles. The van der Waals surface area contributed by atoms with Gasteiger partial charge in [0.1, 0.15) is 11.6 Å². The normalized spacial score (nSPS) is 10.4. The summed E-state index contributed by atoms with van der Waals surface area (Å²) >= 11 is 0. The molecule has 0 fully saturated rings. The Hall–Kier alpha value is -3.72. The van der Waals surface area contributed by atoms with Gasteiger partial charge in [0.15, 0.2) is 0 Å². The number of hydrogen-bond donors (Lipinski definition) is 0. The number of halogens is 2. The van der Waals surface area contributed by atoms with Crippen LogP contribution >= 0.6 is 0 Å². The topological polar surface area (TPSA) is 3.24 Å². The Morgan fingerprint density at radius 2 is 0.897 bits per heavy atom. The van der Waals surface area contributed by atoms with Gasteiger partial charge in [-0.1, -0.05) is 60.7 Å². The summed E-state index contributed by atoms with van der Waals surface area (Å²) in [6.45, 7) is 0. The minimum Gasteiger partial charge on any atom is -0.317 e. The van der Waals surface area contributed by atoms with Crippen LogP contribution in [0, 0.1) is 11.6 Å². The van der Waals surface area contributed by atoms with E-state index in [1.807, 2.05) is 66.9 Å². The van der Waals surface area contributed by atoms with E-state index in [0.717, 1.165) is 28.1 Å². The maximum Gasteiger partial charge on any atom is 0.123 e. The molecule has 0 unspecified atom stereocenters. The molecule has 4 aromatic rings. The lowest BCUT2D eigenvalue weighted by Crippen LogP contribution is -2.10. The molecule has 0 radical (unpaired) electrons. The summed E-state index contributed by atoms with van der Waals surface area (Å²) in [7, 11) is 0. The maximum absolute atomic E-state index is 13.5. The Bertz CT molecular complexity index is 1000. The van der Waals surface area contributed by atoms with Crippen LogP contribution in [0.4, 0.5) is 20.2 Å². The molecule has 0 atom stereocenters. The Morgan fingerprint density at radius 1 is 0.517 bits per heavy atom. The van der Waals surface area contributed by atoms with Crippen molar-refractivity contribution < 1.29 is 8.78 Å². The average Bonchev–Trinajstić information content (AvgIpc) is 2.77. The first-order valence-electron chi connectivity index (χ1n) is 9.34. The fourth-order valence-corrected chi connectivity index (χ4v) is 3.18. The maximum atomic E-state index is 13.5. The molecule has 0 N–H and O–H groups in total. The van der Waals surface area contributed by atoms with Gasteiger partial charge in [0.2, 0.25) is 0 Å². The second-order valence-electron chi connectivity index (χ2n) is 6.60. The van der Waals surface area contributed by atoms with Crippen molar-refractivity contribution in [2.75, 3.05) is 4.90 Å². The predicted octanol–water partition coefficient (Wildman–Crippen LogP) is 7.19. The van der Waals surface area contributed by atoms with Gasteiger partial charge in [-0.3, -0.25) is 0 Å². The summed E-state index contributed by atoms with van der Waals surface area (Å²) in [6, 6.07) is 32.6. The predicted molar refractivity (Wildman–Crippen MR) is 115 cm³/mol. The SMILES string of the molecule is Fc1ccc(C(=CN(c2ccccc2)c2ccccc2)c2ccc(F)cc2)cc1. The summed E-state index contributed by atoms with van der Waals surface area (Å²) < 4.78 is 27.0. The lowest BCUT2D eigenvalue weighted by atomic mass is 9.98. The highest BCUT2D eigenvalue weighted by molar-refractivity contribution is 5.83. The second kappa shape index (κ2) is 8.53. The van der Waals surface area contributed by atoms with Crippen LogP contribution in [-0.2, 0) is 0 Å². The number of hydrogen-bond acceptors (Lipinski definition) is 1. The van der Waals surface area contributed by atoms with Gasteiger partial charge >= 0.3 is 0 Å². The molecular formula is C26H19F2N. The van der Waals surface area contributed by atoms with Crippen molar-refractivity contribution in [2.24, 2.45) is 0 Å². The van der Waals surface area contributed by atoms with Crippen LogP contribution in [0.2, 0.25) is 0 Å². The molecule has 0 aliphatic rings. The number of anilines is 2. The monoisotopic (exact) mass is 383 g/mol. The van der Waals surface area contributed by atoms with Crippen molar-refractivity contribution in [3.05, 3.63) is 138 Å². The molecule has 29 heavy (non-hydrogen) atoms. The molecule has 0 saturated heterocycles. The van der Waals surface area contributed by atoms with E-state index in [-0.39, 0.29) is 11.6 Å². The summed E-state index contributed by atoms with van der Waals surface area (Å²) in [4.78, 5) is 2.07. The third kappa shape index (κ3) is 4.41. The van der Waals surface area contributed by atoms with Gasteiger partial charge in [-0.25, -0.2) is 8.78 Å². The smallest absolute Gasteiger partial charge is 0.123 e. The minimum atomic E-state index is -0.296. The number of para-hydroxylation sites is 2. The average molecular weight is 383 g/mol. The fourth-order valence-electron chi connectivity index (χ4n) is 3.18. The van der Waals surface area contributed by atoms with E-state index in [2.05, 4.69) is 4.90 Å². The molecule has 0 spiro atoms. The summed E-state index contributed by atoms with van der Waals surface area (Å²) in [5.74, 6) is -0.592. The van der Waals surface area contributed by atoms with E-state index in [0.29, 0.717) is 0 Å². The Kier molecular flexibility index (Phi) is 5.48. The Balaban J connectivity index is 1.90. The van der Waals surface area contributed by atoms with Crippen LogP contribution in [0.3, 0.4) is 0 Å². The second-order valence-corrected chi connectivity index (χ2v) is 6.60. The first kappa shape index (κ1) is 18.6. The van der Waals surface area contributed by atoms with Gasteiger partial charge < -0.3 is 4.90 Å². The van der Waals surface area contributed by atoms with E-state index in [4.69, 9.17) is 0 Å². The molecule has 4 rings (SSSR count). The van der Waals surface area contributed by atoms with Crippen LogP contribution < -0.4 is 4.90 Å². The lowest BCUT2D eigenvalue weighted by molar-refractivity contribution is 0.627. The van der Waals surface area contributed by atoms with Crippen LogP contribution in [-0.4, -0.2) is 0 Å². The number of benzene rings is 4. The number of nitrogens with zero attached hydrogens (tertiary/aromatic N) is 1. The third-order valence-electron chi connectivity index (χ3n) is 4.64. The van der Waals surface area contributed by atoms with Crippen LogP contribution in [0.1, 0.15) is 11.1 Å². The summed E-state index contributed by atoms with van der Waals surface area (Å²) in [6.07, 6.45) is 2.01. The molecule has 4 aromatic carbocycles. The minimum absolute atomic E-state index is 0.296. The molecule has 0 saturated carbocycles. The van der Waals surface area contributed by atoms with Crippen molar-refractivity contribution in [1.82, 2.24) is 0 Å². The summed E-state index contributed by atoms with van der Waals surface area (Å²) in [5, 5.41) is 0. The quantitative estimate of drug-likeness (QED) is 0.352. The molecule has 0 bridgehead atoms. The van der Waals surface area contributed by atoms with Crippen LogP contribution in [0.15, 0.2) is 115 Å². The molecule has 0 aromatic heterocycles. The van der Waals surface area contributed by atoms with Gasteiger partial charge in [-0.15, -0.1) is 0 Å². The summed E-state index contributed by atoms with van der Waals surface area (Å²) in [5.41, 5.74) is 4.52. The van der Waals surface area contributed by atoms with Crippen molar-refractivity contribution in [3.8, 4) is 0 Å². The zero-order chi connectivity index (χ0) is 20.1. The molecule has 0 amide bonds. The standard InChI is InChI=1S/C26H19F2N/c27-22-15-11-20(12-16-22)26(21-13-17-23(28)18-14-21)19-29(24-7-3-1-4-8-24)25-9-5-2-6-10-25/h1-19H. The first-order valence-corrected chi connectivity index (χ1v) is 9.34. The van der Waals surface area contributed by atoms with Gasteiger partial charge in [0.25, 0.3) is 0 Å². The van der Waals surface area contributed by atoms with Crippen molar-refractivity contribution in [3.63, 3.8) is 0 Å². The Labute approximate surface area is 169 Å². The van der Waals surface area contributed by atoms with E-state index >= 15 is 0 Å². The highest BCUT2D eigenvalue weighted by Gasteiger charge is 2.12. The van der Waals surface area contributed by atoms with Gasteiger partial charge in [-0.05, 0) is 59.7 Å². The van der Waals surface area contributed by atoms with Gasteiger partial charge in [-0.2, -0.15) is 0 Å². The van der Waals surface area contributed by atoms with E-state index in [1.165, 1.54) is 24.3 Å². The molecule has 0 heterocycles. The van der Waals surface area contributed by atoms with Crippen molar-refractivity contribution in [1.29, 1.82) is 0 Å². The fraction of sp³-hybridized carbons (Fsp3) is 0. The Morgan fingerprint density at radius 3 is 1.28 bits per heavy atom. The van der Waals surface area contributed by atoms with E-state index in [9.17, 15) is 8.78 Å². The first-order chi connectivity index (χ1) is 14.2. The van der Waals surface area contributed by atoms with Crippen LogP contribution in [0.25, 0.3) is 5.57 Å². The van der Waals surface area contributed by atoms with Crippen molar-refractivity contribution in [2.45, 2.75) is 0 Å². The highest BCUT2D eigenvalue weighted by atomic mass is 19.1. The lowest BCUT2D eigenvalue weighted by Gasteiger charge is -2.23. The van der Waals surface area contributed by atoms with Gasteiger partial charge in [0, 0.05) is 23.1 Å². The molecule has 3 heteroatoms. The zero-order valence-corrected chi connectivity index (χ0v) is 15.7. The van der Waals surface area contributed by atoms with E-state index < -0.39 is 0 Å². The highest BCUT2D eigenvalue weighted by Crippen LogP contribution is 2.31. The van der Waals surface area contributed by atoms with Crippen LogP contribution in [0.5, 0.6) is 0 Å². The van der Waals surface area contributed by atoms with Gasteiger partial charge in [0.05, 0.1) is 0 Å². The van der Waals surface area contributed by atoms with Crippen molar-refractivity contribution >= 4 is 16.9 Å². The largest absolute Gasteiger partial charge is 0.317 e. The van der Waals surface area contributed by atoms with E-state index in [1.54, 1.807) is 24.3 Å². The number of rotatable bonds is 5. The molecule has 142 valence electrons.